The van der Waals surface area contributed by atoms with Gasteiger partial charge >= 0.3 is 7.12 Å². The van der Waals surface area contributed by atoms with E-state index in [0.29, 0.717) is 5.46 Å². The molecule has 0 bridgehead atoms. The lowest BCUT2D eigenvalue weighted by Gasteiger charge is -2.10. The van der Waals surface area contributed by atoms with E-state index in [9.17, 15) is 0 Å². The van der Waals surface area contributed by atoms with Crippen molar-refractivity contribution >= 4 is 55.8 Å². The maximum atomic E-state index is 8.67. The number of anilines is 2. The molecule has 0 fully saturated rings. The monoisotopic (exact) mass is 658 g/mol. The van der Waals surface area contributed by atoms with Crippen molar-refractivity contribution in [1.29, 1.82) is 0 Å². The van der Waals surface area contributed by atoms with Crippen LogP contribution in [0.25, 0.3) is 22.3 Å². The van der Waals surface area contributed by atoms with Gasteiger partial charge in [0.05, 0.1) is 0 Å². The van der Waals surface area contributed by atoms with Crippen LogP contribution >= 0.6 is 31.9 Å². The third-order valence-electron chi connectivity index (χ3n) is 6.14. The molecule has 0 radical (unpaired) electrons. The highest BCUT2D eigenvalue weighted by Crippen LogP contribution is 2.31. The summed E-state index contributed by atoms with van der Waals surface area (Å²) in [6.07, 6.45) is 0. The Morgan fingerprint density at radius 1 is 0.525 bits per heavy atom. The lowest BCUT2D eigenvalue weighted by Crippen LogP contribution is -2.29. The van der Waals surface area contributed by atoms with Crippen molar-refractivity contribution in [2.75, 3.05) is 11.5 Å². The van der Waals surface area contributed by atoms with Crippen LogP contribution in [0.3, 0.4) is 0 Å². The zero-order valence-electron chi connectivity index (χ0n) is 22.8. The van der Waals surface area contributed by atoms with E-state index >= 15 is 0 Å². The van der Waals surface area contributed by atoms with E-state index < -0.39 is 7.12 Å². The maximum Gasteiger partial charge on any atom is 0.488 e. The fourth-order valence-corrected chi connectivity index (χ4v) is 4.75. The SMILES string of the molecule is Cc1ccc(-c2ccc(N)c(-c3ccc(C)cc3)c2)cc1.Cc1ccc(B(O)O)cc1.Nc1ccc(Br)cc1Br. The van der Waals surface area contributed by atoms with E-state index in [2.05, 4.69) is 106 Å². The lowest BCUT2D eigenvalue weighted by atomic mass is 9.80. The molecule has 204 valence electrons. The van der Waals surface area contributed by atoms with Crippen LogP contribution < -0.4 is 16.9 Å². The summed E-state index contributed by atoms with van der Waals surface area (Å²) in [5, 5.41) is 17.3. The number of nitrogens with two attached hydrogens (primary N) is 2. The second kappa shape index (κ2) is 14.9. The van der Waals surface area contributed by atoms with Crippen molar-refractivity contribution in [2.45, 2.75) is 20.8 Å². The van der Waals surface area contributed by atoms with Gasteiger partial charge in [0.1, 0.15) is 0 Å². The summed E-state index contributed by atoms with van der Waals surface area (Å²) < 4.78 is 1.96. The van der Waals surface area contributed by atoms with Crippen LogP contribution in [-0.4, -0.2) is 17.2 Å². The van der Waals surface area contributed by atoms with Crippen LogP contribution in [0.15, 0.2) is 118 Å². The van der Waals surface area contributed by atoms with Crippen molar-refractivity contribution in [3.05, 3.63) is 135 Å². The molecule has 7 heteroatoms. The fourth-order valence-electron chi connectivity index (χ4n) is 3.71. The van der Waals surface area contributed by atoms with Crippen molar-refractivity contribution in [3.63, 3.8) is 0 Å². The number of hydrogen-bond acceptors (Lipinski definition) is 4. The highest BCUT2D eigenvalue weighted by atomic mass is 79.9. The van der Waals surface area contributed by atoms with Gasteiger partial charge in [0.25, 0.3) is 0 Å². The Morgan fingerprint density at radius 2 is 0.975 bits per heavy atom. The minimum absolute atomic E-state index is 0.533. The molecule has 0 heterocycles. The standard InChI is InChI=1S/C20H19N.C7H9BO2.C6H5Br2N/c1-14-3-7-16(8-4-14)18-11-12-20(21)19(13-18)17-9-5-15(2)6-10-17;1-6-2-4-7(5-3-6)8(9)10;7-4-1-2-6(9)5(8)3-4/h3-13H,21H2,1-2H3;2-5,9-10H,1H3;1-3H,9H2. The van der Waals surface area contributed by atoms with Gasteiger partial charge in [0.2, 0.25) is 0 Å². The first kappa shape index (κ1) is 31.2. The van der Waals surface area contributed by atoms with Gasteiger partial charge in [0.15, 0.2) is 0 Å². The average Bonchev–Trinajstić information content (AvgIpc) is 2.93. The van der Waals surface area contributed by atoms with Gasteiger partial charge in [-0.1, -0.05) is 111 Å². The molecule has 0 saturated heterocycles. The smallest absolute Gasteiger partial charge is 0.423 e. The number of rotatable bonds is 3. The number of benzene rings is 5. The Kier molecular flexibility index (Phi) is 11.6. The molecule has 5 aromatic carbocycles. The molecule has 40 heavy (non-hydrogen) atoms. The molecular formula is C33H33BBr2N2O2. The van der Waals surface area contributed by atoms with Gasteiger partial charge in [-0.2, -0.15) is 0 Å². The van der Waals surface area contributed by atoms with Gasteiger partial charge in [-0.25, -0.2) is 0 Å². The van der Waals surface area contributed by atoms with Crippen LogP contribution in [0.2, 0.25) is 0 Å². The second-order valence-electron chi connectivity index (χ2n) is 9.48. The van der Waals surface area contributed by atoms with Crippen LogP contribution in [0.4, 0.5) is 11.4 Å². The first-order valence-electron chi connectivity index (χ1n) is 12.7. The summed E-state index contributed by atoms with van der Waals surface area (Å²) in [6.45, 7) is 6.15. The predicted octanol–water partition coefficient (Wildman–Crippen LogP) is 7.69. The van der Waals surface area contributed by atoms with Gasteiger partial charge in [-0.3, -0.25) is 0 Å². The molecule has 0 saturated carbocycles. The normalized spacial score (nSPS) is 10.1. The predicted molar refractivity (Wildman–Crippen MR) is 178 cm³/mol. The highest BCUT2D eigenvalue weighted by Gasteiger charge is 2.08. The topological polar surface area (TPSA) is 92.5 Å². The van der Waals surface area contributed by atoms with E-state index in [1.807, 2.05) is 43.3 Å². The maximum absolute atomic E-state index is 8.67. The Balaban J connectivity index is 0.000000193. The first-order chi connectivity index (χ1) is 19.0. The zero-order valence-corrected chi connectivity index (χ0v) is 25.9. The summed E-state index contributed by atoms with van der Waals surface area (Å²) in [5.41, 5.74) is 22.1. The highest BCUT2D eigenvalue weighted by molar-refractivity contribution is 9.11. The third-order valence-corrected chi connectivity index (χ3v) is 7.32. The van der Waals surface area contributed by atoms with E-state index in [-0.39, 0.29) is 0 Å². The average molecular weight is 660 g/mol. The molecule has 5 aromatic rings. The Labute approximate surface area is 254 Å². The quantitative estimate of drug-likeness (QED) is 0.118. The molecule has 0 amide bonds. The Hall–Kier alpha value is -3.36. The molecule has 0 atom stereocenters. The third kappa shape index (κ3) is 9.38. The van der Waals surface area contributed by atoms with Crippen molar-refractivity contribution in [1.82, 2.24) is 0 Å². The first-order valence-corrected chi connectivity index (χ1v) is 14.3. The molecule has 0 aliphatic heterocycles. The van der Waals surface area contributed by atoms with Crippen molar-refractivity contribution in [2.24, 2.45) is 0 Å². The number of nitrogen functional groups attached to an aromatic ring is 2. The number of halogens is 2. The van der Waals surface area contributed by atoms with Gasteiger partial charge in [0, 0.05) is 25.9 Å². The zero-order chi connectivity index (χ0) is 29.2. The molecule has 0 aliphatic rings. The van der Waals surface area contributed by atoms with E-state index in [4.69, 9.17) is 21.5 Å². The summed E-state index contributed by atoms with van der Waals surface area (Å²) in [4.78, 5) is 0. The van der Waals surface area contributed by atoms with Crippen molar-refractivity contribution in [3.8, 4) is 22.3 Å². The van der Waals surface area contributed by atoms with Gasteiger partial charge < -0.3 is 21.5 Å². The summed E-state index contributed by atoms with van der Waals surface area (Å²) >= 11 is 6.60. The van der Waals surface area contributed by atoms with Gasteiger partial charge in [-0.15, -0.1) is 0 Å². The van der Waals surface area contributed by atoms with Crippen LogP contribution in [0.5, 0.6) is 0 Å². The van der Waals surface area contributed by atoms with Crippen LogP contribution in [0.1, 0.15) is 16.7 Å². The minimum Gasteiger partial charge on any atom is -0.423 e. The number of hydrogen-bond donors (Lipinski definition) is 4. The fraction of sp³-hybridized carbons (Fsp3) is 0.0909. The molecule has 4 nitrogen and oxygen atoms in total. The second-order valence-corrected chi connectivity index (χ2v) is 11.3. The molecule has 5 rings (SSSR count). The van der Waals surface area contributed by atoms with Gasteiger partial charge in [-0.05, 0) is 89.2 Å². The number of aryl methyl sites for hydroxylation is 3. The molecule has 0 spiro atoms. The van der Waals surface area contributed by atoms with E-state index in [1.54, 1.807) is 12.1 Å². The van der Waals surface area contributed by atoms with Crippen LogP contribution in [0, 0.1) is 20.8 Å². The molecule has 0 aromatic heterocycles. The minimum atomic E-state index is -1.35. The van der Waals surface area contributed by atoms with Crippen LogP contribution in [-0.2, 0) is 0 Å². The van der Waals surface area contributed by atoms with E-state index in [0.717, 1.165) is 37.0 Å². The lowest BCUT2D eigenvalue weighted by molar-refractivity contribution is 0.426. The Morgan fingerprint density at radius 3 is 1.45 bits per heavy atom. The van der Waals surface area contributed by atoms with E-state index in [1.165, 1.54) is 22.3 Å². The molecule has 0 aliphatic carbocycles. The molecular weight excluding hydrogens is 627 g/mol. The Bertz CT molecular complexity index is 1520. The summed E-state index contributed by atoms with van der Waals surface area (Å²) in [5.74, 6) is 0. The summed E-state index contributed by atoms with van der Waals surface area (Å²) in [6, 6.07) is 36.0. The molecule has 0 unspecified atom stereocenters. The molecule has 6 N–H and O–H groups in total. The summed E-state index contributed by atoms with van der Waals surface area (Å²) in [7, 11) is -1.35. The van der Waals surface area contributed by atoms with Crippen molar-refractivity contribution < 1.29 is 10.0 Å². The largest absolute Gasteiger partial charge is 0.488 e.